The van der Waals surface area contributed by atoms with Gasteiger partial charge in [-0.05, 0) is 59.0 Å². The van der Waals surface area contributed by atoms with Gasteiger partial charge in [-0.3, -0.25) is 0 Å². The van der Waals surface area contributed by atoms with E-state index in [2.05, 4.69) is 49.9 Å². The van der Waals surface area contributed by atoms with Crippen LogP contribution >= 0.6 is 11.6 Å². The third-order valence-corrected chi connectivity index (χ3v) is 3.64. The summed E-state index contributed by atoms with van der Waals surface area (Å²) in [5.41, 5.74) is 8.46. The highest BCUT2D eigenvalue weighted by Gasteiger charge is 2.17. The molecule has 0 saturated carbocycles. The summed E-state index contributed by atoms with van der Waals surface area (Å²) in [6, 6.07) is 6.70. The van der Waals surface area contributed by atoms with Gasteiger partial charge in [-0.15, -0.1) is 0 Å². The molecule has 1 aromatic rings. The zero-order chi connectivity index (χ0) is 15.3. The number of hydrogen-bond donors (Lipinski definition) is 1. The molecule has 0 fully saturated rings. The lowest BCUT2D eigenvalue weighted by molar-refractivity contribution is 0.372. The minimum Gasteiger partial charge on any atom is -0.368 e. The van der Waals surface area contributed by atoms with Crippen molar-refractivity contribution in [2.24, 2.45) is 5.73 Å². The van der Waals surface area contributed by atoms with E-state index in [1.807, 2.05) is 13.0 Å². The highest BCUT2D eigenvalue weighted by Crippen LogP contribution is 2.27. The number of nitrogens with two attached hydrogens (primary N) is 1. The fourth-order valence-electron chi connectivity index (χ4n) is 2.67. The maximum Gasteiger partial charge on any atom is 0.0426 e. The third kappa shape index (κ3) is 4.97. The Labute approximate surface area is 128 Å². The number of rotatable bonds is 7. The molecule has 0 saturated heterocycles. The zero-order valence-corrected chi connectivity index (χ0v) is 14.1. The molecule has 2 atom stereocenters. The number of nitrogens with zero attached hydrogens (tertiary/aromatic N) is 2. The minimum absolute atomic E-state index is 0.151. The molecule has 0 radical (unpaired) electrons. The first-order valence-electron chi connectivity index (χ1n) is 7.30. The Kier molecular flexibility index (Phi) is 6.80. The van der Waals surface area contributed by atoms with Crippen molar-refractivity contribution >= 4 is 17.3 Å². The van der Waals surface area contributed by atoms with Crippen molar-refractivity contribution in [3.63, 3.8) is 0 Å². The van der Waals surface area contributed by atoms with Crippen LogP contribution in [0, 0.1) is 0 Å². The average molecular weight is 298 g/mol. The van der Waals surface area contributed by atoms with E-state index in [1.54, 1.807) is 0 Å². The van der Waals surface area contributed by atoms with Crippen LogP contribution in [0.2, 0.25) is 5.02 Å². The first kappa shape index (κ1) is 17.3. The highest BCUT2D eigenvalue weighted by molar-refractivity contribution is 6.30. The molecule has 114 valence electrons. The number of likely N-dealkylation sites (N-methyl/N-ethyl adjacent to an activating group) is 2. The molecule has 0 amide bonds. The monoisotopic (exact) mass is 297 g/mol. The van der Waals surface area contributed by atoms with Crippen LogP contribution in [0.1, 0.15) is 26.3 Å². The van der Waals surface area contributed by atoms with Crippen LogP contribution in [0.5, 0.6) is 0 Å². The van der Waals surface area contributed by atoms with Gasteiger partial charge in [-0.2, -0.15) is 0 Å². The first-order chi connectivity index (χ1) is 9.35. The Hall–Kier alpha value is -0.770. The van der Waals surface area contributed by atoms with Crippen LogP contribution in [0.4, 0.5) is 5.69 Å². The summed E-state index contributed by atoms with van der Waals surface area (Å²) in [5.74, 6) is 0. The van der Waals surface area contributed by atoms with Crippen LogP contribution in [0.3, 0.4) is 0 Å². The fraction of sp³-hybridized carbons (Fsp3) is 0.625. The van der Waals surface area contributed by atoms with Crippen molar-refractivity contribution in [1.29, 1.82) is 0 Å². The standard InChI is InChI=1S/C16H28ClN3/c1-6-20(13(3)11-19(4)5)16-10-15(17)8-7-14(16)9-12(2)18/h7-8,10,12-13H,6,9,11,18H2,1-5H3. The van der Waals surface area contributed by atoms with E-state index in [9.17, 15) is 0 Å². The van der Waals surface area contributed by atoms with Gasteiger partial charge in [0.1, 0.15) is 0 Å². The summed E-state index contributed by atoms with van der Waals surface area (Å²) in [6.07, 6.45) is 0.873. The Morgan fingerprint density at radius 1 is 1.25 bits per heavy atom. The Morgan fingerprint density at radius 2 is 1.90 bits per heavy atom. The van der Waals surface area contributed by atoms with Crippen molar-refractivity contribution in [2.75, 3.05) is 32.1 Å². The molecule has 0 aliphatic heterocycles. The van der Waals surface area contributed by atoms with Gasteiger partial charge in [0.25, 0.3) is 0 Å². The fourth-order valence-corrected chi connectivity index (χ4v) is 2.84. The number of halogens is 1. The quantitative estimate of drug-likeness (QED) is 0.840. The Balaban J connectivity index is 3.08. The van der Waals surface area contributed by atoms with Gasteiger partial charge in [-0.25, -0.2) is 0 Å². The van der Waals surface area contributed by atoms with E-state index in [-0.39, 0.29) is 6.04 Å². The van der Waals surface area contributed by atoms with Crippen LogP contribution in [0.15, 0.2) is 18.2 Å². The van der Waals surface area contributed by atoms with E-state index >= 15 is 0 Å². The van der Waals surface area contributed by atoms with E-state index in [0.29, 0.717) is 6.04 Å². The van der Waals surface area contributed by atoms with Crippen molar-refractivity contribution < 1.29 is 0 Å². The maximum absolute atomic E-state index is 6.20. The number of hydrogen-bond acceptors (Lipinski definition) is 3. The first-order valence-corrected chi connectivity index (χ1v) is 7.68. The summed E-state index contributed by atoms with van der Waals surface area (Å²) in [4.78, 5) is 4.62. The predicted molar refractivity (Wildman–Crippen MR) is 89.8 cm³/mol. The minimum atomic E-state index is 0.151. The molecule has 20 heavy (non-hydrogen) atoms. The van der Waals surface area contributed by atoms with Gasteiger partial charge in [0.2, 0.25) is 0 Å². The second-order valence-electron chi connectivity index (χ2n) is 5.85. The molecule has 1 rings (SSSR count). The van der Waals surface area contributed by atoms with Crippen molar-refractivity contribution in [3.05, 3.63) is 28.8 Å². The lowest BCUT2D eigenvalue weighted by atomic mass is 10.0. The van der Waals surface area contributed by atoms with E-state index in [0.717, 1.165) is 24.5 Å². The van der Waals surface area contributed by atoms with Gasteiger partial charge in [-0.1, -0.05) is 17.7 Å². The summed E-state index contributed by atoms with van der Waals surface area (Å²) >= 11 is 6.20. The average Bonchev–Trinajstić information content (AvgIpc) is 2.32. The van der Waals surface area contributed by atoms with Crippen LogP contribution < -0.4 is 10.6 Å². The second kappa shape index (κ2) is 7.87. The molecule has 2 N–H and O–H groups in total. The zero-order valence-electron chi connectivity index (χ0n) is 13.4. The molecule has 0 heterocycles. The molecule has 0 aromatic heterocycles. The largest absolute Gasteiger partial charge is 0.368 e. The van der Waals surface area contributed by atoms with Gasteiger partial charge < -0.3 is 15.5 Å². The molecule has 0 aliphatic rings. The molecule has 3 nitrogen and oxygen atoms in total. The van der Waals surface area contributed by atoms with Crippen molar-refractivity contribution in [2.45, 2.75) is 39.3 Å². The second-order valence-corrected chi connectivity index (χ2v) is 6.29. The summed E-state index contributed by atoms with van der Waals surface area (Å²) in [5, 5.41) is 0.781. The number of benzene rings is 1. The van der Waals surface area contributed by atoms with Crippen molar-refractivity contribution in [1.82, 2.24) is 4.90 Å². The van der Waals surface area contributed by atoms with Gasteiger partial charge in [0.05, 0.1) is 0 Å². The topological polar surface area (TPSA) is 32.5 Å². The summed E-state index contributed by atoms with van der Waals surface area (Å²) in [7, 11) is 4.20. The maximum atomic E-state index is 6.20. The van der Waals surface area contributed by atoms with E-state index < -0.39 is 0 Å². The molecule has 4 heteroatoms. The van der Waals surface area contributed by atoms with Crippen LogP contribution in [0.25, 0.3) is 0 Å². The number of anilines is 1. The molecule has 0 spiro atoms. The molecule has 1 aromatic carbocycles. The predicted octanol–water partition coefficient (Wildman–Crippen LogP) is 3.01. The van der Waals surface area contributed by atoms with E-state index in [4.69, 9.17) is 17.3 Å². The van der Waals surface area contributed by atoms with Gasteiger partial charge >= 0.3 is 0 Å². The Bertz CT molecular complexity index is 418. The SMILES string of the molecule is CCN(c1cc(Cl)ccc1CC(C)N)C(C)CN(C)C. The summed E-state index contributed by atoms with van der Waals surface area (Å²) in [6.45, 7) is 8.44. The normalized spacial score (nSPS) is 14.4. The Morgan fingerprint density at radius 3 is 2.40 bits per heavy atom. The van der Waals surface area contributed by atoms with Crippen LogP contribution in [-0.2, 0) is 6.42 Å². The summed E-state index contributed by atoms with van der Waals surface area (Å²) < 4.78 is 0. The molecule has 0 bridgehead atoms. The molecular weight excluding hydrogens is 270 g/mol. The molecular formula is C16H28ClN3. The highest BCUT2D eigenvalue weighted by atomic mass is 35.5. The molecule has 0 aliphatic carbocycles. The third-order valence-electron chi connectivity index (χ3n) is 3.40. The van der Waals surface area contributed by atoms with Gasteiger partial charge in [0, 0.05) is 35.9 Å². The van der Waals surface area contributed by atoms with Crippen molar-refractivity contribution in [3.8, 4) is 0 Å². The van der Waals surface area contributed by atoms with Crippen LogP contribution in [-0.4, -0.2) is 44.2 Å². The van der Waals surface area contributed by atoms with E-state index in [1.165, 1.54) is 11.3 Å². The lowest BCUT2D eigenvalue weighted by Crippen LogP contribution is -2.40. The van der Waals surface area contributed by atoms with Gasteiger partial charge in [0.15, 0.2) is 0 Å². The lowest BCUT2D eigenvalue weighted by Gasteiger charge is -2.34. The smallest absolute Gasteiger partial charge is 0.0426 e. The molecule has 2 unspecified atom stereocenters.